The van der Waals surface area contributed by atoms with E-state index in [-0.39, 0.29) is 0 Å². The highest BCUT2D eigenvalue weighted by Gasteiger charge is 2.16. The molecule has 0 saturated carbocycles. The summed E-state index contributed by atoms with van der Waals surface area (Å²) in [4.78, 5) is 0. The van der Waals surface area contributed by atoms with Gasteiger partial charge < -0.3 is 26.5 Å². The van der Waals surface area contributed by atoms with Gasteiger partial charge in [0.05, 0.1) is 0 Å². The molecule has 33 heavy (non-hydrogen) atoms. The minimum atomic E-state index is 0.662. The van der Waals surface area contributed by atoms with Gasteiger partial charge in [-0.1, -0.05) is 0 Å². The van der Waals surface area contributed by atoms with Gasteiger partial charge in [0, 0.05) is 0 Å². The van der Waals surface area contributed by atoms with Crippen LogP contribution in [0.5, 0.6) is 0 Å². The van der Waals surface area contributed by atoms with Crippen molar-refractivity contribution < 1.29 is 26.5 Å². The van der Waals surface area contributed by atoms with E-state index in [4.69, 9.17) is 26.5 Å². The van der Waals surface area contributed by atoms with Gasteiger partial charge in [0.25, 0.3) is 0 Å². The Hall–Kier alpha value is -4.32. The Morgan fingerprint density at radius 1 is 0.364 bits per heavy atom. The molecule has 0 bridgehead atoms. The summed E-state index contributed by atoms with van der Waals surface area (Å²) in [5, 5.41) is 6.06. The summed E-state index contributed by atoms with van der Waals surface area (Å²) < 4.78 is 35.3. The van der Waals surface area contributed by atoms with E-state index in [9.17, 15) is 0 Å². The van der Waals surface area contributed by atoms with Crippen LogP contribution in [0.1, 0.15) is 17.3 Å². The predicted octanol–water partition coefficient (Wildman–Crippen LogP) is 8.78. The van der Waals surface area contributed by atoms with E-state index in [0.717, 1.165) is 32.3 Å². The Kier molecular flexibility index (Phi) is 3.52. The molecule has 4 aromatic carbocycles. The van der Waals surface area contributed by atoms with Gasteiger partial charge in [0.1, 0.15) is 36.1 Å². The molecule has 0 spiro atoms. The van der Waals surface area contributed by atoms with Crippen molar-refractivity contribution >= 4 is 65.8 Å². The molecule has 0 unspecified atom stereocenters. The minimum absolute atomic E-state index is 0.662. The molecule has 0 amide bonds. The number of fused-ring (bicyclic) bond motifs is 9. The van der Waals surface area contributed by atoms with Gasteiger partial charge in [0.15, 0.2) is 33.5 Å². The second kappa shape index (κ2) is 6.36. The van der Waals surface area contributed by atoms with Crippen LogP contribution < -0.4 is 0 Å². The Balaban J connectivity index is 1.78. The zero-order valence-corrected chi connectivity index (χ0v) is 18.1. The molecule has 3 aromatic heterocycles. The Labute approximate surface area is 185 Å². The first-order chi connectivity index (χ1) is 16.0. The first-order valence-electron chi connectivity index (χ1n) is 10.6. The average Bonchev–Trinajstić information content (AvgIpc) is 2.81. The molecule has 162 valence electrons. The topological polar surface area (TPSA) is 78.8 Å². The maximum Gasteiger partial charge on any atom is 0.170 e. The molecule has 0 aliphatic carbocycles. The molecule has 0 saturated heterocycles. The lowest BCUT2D eigenvalue weighted by Crippen LogP contribution is -1.87. The van der Waals surface area contributed by atoms with Crippen molar-refractivity contribution in [2.45, 2.75) is 20.8 Å². The lowest BCUT2D eigenvalue weighted by Gasteiger charge is -2.13. The maximum absolute atomic E-state index is 5.95. The van der Waals surface area contributed by atoms with E-state index in [1.165, 1.54) is 0 Å². The number of benzene rings is 4. The van der Waals surface area contributed by atoms with Crippen LogP contribution in [0.3, 0.4) is 0 Å². The quantitative estimate of drug-likeness (QED) is 0.174. The van der Waals surface area contributed by atoms with Crippen LogP contribution in [-0.4, -0.2) is 0 Å². The summed E-state index contributed by atoms with van der Waals surface area (Å²) in [7, 11) is 0. The molecule has 7 rings (SSSR count). The summed E-state index contributed by atoms with van der Waals surface area (Å²) in [5.74, 6) is 2.09. The van der Waals surface area contributed by atoms with Gasteiger partial charge in [-0.05, 0) is 89.5 Å². The molecule has 0 aliphatic rings. The Bertz CT molecular complexity index is 1960. The van der Waals surface area contributed by atoms with Crippen LogP contribution in [-0.2, 0) is 0 Å². The van der Waals surface area contributed by atoms with Crippen LogP contribution in [0, 0.1) is 20.8 Å². The number of hydrogen-bond donors (Lipinski definition) is 0. The van der Waals surface area contributed by atoms with Crippen LogP contribution in [0.4, 0.5) is 0 Å². The highest BCUT2D eigenvalue weighted by Crippen LogP contribution is 2.40. The van der Waals surface area contributed by atoms with Gasteiger partial charge in [-0.15, -0.1) is 0 Å². The van der Waals surface area contributed by atoms with Gasteiger partial charge in [-0.2, -0.15) is 0 Å². The largest absolute Gasteiger partial charge is 0.458 e. The highest BCUT2D eigenvalue weighted by molar-refractivity contribution is 6.29. The van der Waals surface area contributed by atoms with E-state index in [0.29, 0.717) is 50.8 Å². The first kappa shape index (κ1) is 18.3. The number of rotatable bonds is 0. The minimum Gasteiger partial charge on any atom is -0.458 e. The van der Waals surface area contributed by atoms with Crippen molar-refractivity contribution in [2.75, 3.05) is 0 Å². The van der Waals surface area contributed by atoms with Crippen molar-refractivity contribution in [2.24, 2.45) is 0 Å². The summed E-state index contributed by atoms with van der Waals surface area (Å²) in [6, 6.07) is 12.1. The smallest absolute Gasteiger partial charge is 0.170 e. The molecule has 7 aromatic rings. The van der Waals surface area contributed by atoms with Crippen molar-refractivity contribution in [3.8, 4) is 0 Å². The van der Waals surface area contributed by atoms with Crippen LogP contribution in [0.2, 0.25) is 0 Å². The molecule has 0 aliphatic heterocycles. The summed E-state index contributed by atoms with van der Waals surface area (Å²) in [5.41, 5.74) is 4.00. The van der Waals surface area contributed by atoms with E-state index >= 15 is 0 Å². The molecule has 0 fully saturated rings. The maximum atomic E-state index is 5.95. The summed E-state index contributed by atoms with van der Waals surface area (Å²) in [6.07, 6.45) is 4.83. The van der Waals surface area contributed by atoms with E-state index < -0.39 is 0 Å². The SMILES string of the molecule is Cc1coc2cc3c4cc5occ(C)oc5cc4c4cc5oc(C)coc5cc4c3cc2o1. The lowest BCUT2D eigenvalue weighted by atomic mass is 9.93. The molecule has 0 radical (unpaired) electrons. The lowest BCUT2D eigenvalue weighted by molar-refractivity contribution is 0.483. The van der Waals surface area contributed by atoms with E-state index in [2.05, 4.69) is 0 Å². The van der Waals surface area contributed by atoms with Crippen molar-refractivity contribution in [3.63, 3.8) is 0 Å². The summed E-state index contributed by atoms with van der Waals surface area (Å²) >= 11 is 0. The van der Waals surface area contributed by atoms with E-state index in [1.54, 1.807) is 18.8 Å². The van der Waals surface area contributed by atoms with Gasteiger partial charge in [-0.3, -0.25) is 0 Å². The summed E-state index contributed by atoms with van der Waals surface area (Å²) in [6.45, 7) is 5.59. The second-order valence-corrected chi connectivity index (χ2v) is 8.38. The van der Waals surface area contributed by atoms with Crippen molar-refractivity contribution in [1.82, 2.24) is 0 Å². The molecular formula is C27H18O6. The molecule has 0 N–H and O–H groups in total. The third-order valence-electron chi connectivity index (χ3n) is 5.99. The fourth-order valence-corrected chi connectivity index (χ4v) is 4.56. The standard InChI is InChI=1S/C27H18O6/c1-13-10-28-22-4-16-17-5-23-26(32-14(2)11-29-23)8-20(17)21-9-27-24(30-12-15(3)33-27)6-18(21)19(16)7-25(22)31-13/h4-12H,1-3H3. The predicted molar refractivity (Wildman–Crippen MR) is 126 cm³/mol. The molecule has 6 heteroatoms. The van der Waals surface area contributed by atoms with Gasteiger partial charge in [-0.25, -0.2) is 0 Å². The zero-order valence-electron chi connectivity index (χ0n) is 18.1. The van der Waals surface area contributed by atoms with E-state index in [1.807, 2.05) is 57.2 Å². The Morgan fingerprint density at radius 3 is 0.879 bits per heavy atom. The number of hydrogen-bond acceptors (Lipinski definition) is 6. The van der Waals surface area contributed by atoms with Crippen LogP contribution in [0.15, 0.2) is 81.7 Å². The third-order valence-corrected chi connectivity index (χ3v) is 5.99. The number of aryl methyl sites for hydroxylation is 3. The zero-order chi connectivity index (χ0) is 22.3. The fourth-order valence-electron chi connectivity index (χ4n) is 4.56. The van der Waals surface area contributed by atoms with Gasteiger partial charge >= 0.3 is 0 Å². The van der Waals surface area contributed by atoms with Crippen LogP contribution >= 0.6 is 0 Å². The molecule has 6 nitrogen and oxygen atoms in total. The highest BCUT2D eigenvalue weighted by atomic mass is 16.4. The molecule has 3 heterocycles. The monoisotopic (exact) mass is 438 g/mol. The van der Waals surface area contributed by atoms with Gasteiger partial charge in [0.2, 0.25) is 0 Å². The van der Waals surface area contributed by atoms with Crippen molar-refractivity contribution in [3.05, 3.63) is 72.5 Å². The normalized spacial score (nSPS) is 12.1. The molecular weight excluding hydrogens is 420 g/mol. The first-order valence-corrected chi connectivity index (χ1v) is 10.6. The fraction of sp³-hybridized carbons (Fsp3) is 0.111. The second-order valence-electron chi connectivity index (χ2n) is 8.38. The molecule has 0 atom stereocenters. The average molecular weight is 438 g/mol. The van der Waals surface area contributed by atoms with Crippen LogP contribution in [0.25, 0.3) is 65.8 Å². The Morgan fingerprint density at radius 2 is 0.606 bits per heavy atom. The van der Waals surface area contributed by atoms with Crippen molar-refractivity contribution in [1.29, 1.82) is 0 Å². The third kappa shape index (κ3) is 2.67.